The van der Waals surface area contributed by atoms with Crippen molar-refractivity contribution in [2.75, 3.05) is 31.1 Å². The van der Waals surface area contributed by atoms with Crippen LogP contribution in [0.1, 0.15) is 29.8 Å². The Hall–Kier alpha value is -2.60. The standard InChI is InChI=1S/C20H24N4O2/c1-15-17-7-8-19(22-9-11-23(12-10-22)20(25)26)21-18(17)14-24(15)13-16-5-3-2-4-6-16/h2-8,15H,9-14H2,1H3,(H,25,26)/t15-/m0/s1. The molecule has 0 aliphatic carbocycles. The molecule has 1 fully saturated rings. The zero-order chi connectivity index (χ0) is 18.1. The lowest BCUT2D eigenvalue weighted by Crippen LogP contribution is -2.48. The molecule has 3 heterocycles. The number of amides is 1. The summed E-state index contributed by atoms with van der Waals surface area (Å²) in [6.07, 6.45) is -0.836. The van der Waals surface area contributed by atoms with Gasteiger partial charge in [0.2, 0.25) is 0 Å². The predicted molar refractivity (Wildman–Crippen MR) is 100 cm³/mol. The van der Waals surface area contributed by atoms with Gasteiger partial charge in [0.1, 0.15) is 5.82 Å². The van der Waals surface area contributed by atoms with Gasteiger partial charge in [-0.3, -0.25) is 4.90 Å². The van der Waals surface area contributed by atoms with Crippen molar-refractivity contribution >= 4 is 11.9 Å². The number of hydrogen-bond acceptors (Lipinski definition) is 4. The zero-order valence-corrected chi connectivity index (χ0v) is 15.0. The second-order valence-electron chi connectivity index (χ2n) is 7.03. The number of carboxylic acid groups (broad SMARTS) is 1. The van der Waals surface area contributed by atoms with E-state index in [1.54, 1.807) is 0 Å². The van der Waals surface area contributed by atoms with Crippen LogP contribution in [0.5, 0.6) is 0 Å². The van der Waals surface area contributed by atoms with Gasteiger partial charge >= 0.3 is 6.09 Å². The van der Waals surface area contributed by atoms with Crippen LogP contribution in [0, 0.1) is 0 Å². The van der Waals surface area contributed by atoms with E-state index in [4.69, 9.17) is 10.1 Å². The van der Waals surface area contributed by atoms with Crippen LogP contribution in [0.3, 0.4) is 0 Å². The van der Waals surface area contributed by atoms with Crippen molar-refractivity contribution in [3.05, 3.63) is 59.3 Å². The van der Waals surface area contributed by atoms with Crippen LogP contribution < -0.4 is 4.90 Å². The van der Waals surface area contributed by atoms with Crippen molar-refractivity contribution in [2.24, 2.45) is 0 Å². The highest BCUT2D eigenvalue weighted by atomic mass is 16.4. The highest BCUT2D eigenvalue weighted by Gasteiger charge is 2.29. The Labute approximate surface area is 153 Å². The molecule has 2 aliphatic rings. The average molecular weight is 352 g/mol. The minimum absolute atomic E-state index is 0.357. The van der Waals surface area contributed by atoms with E-state index < -0.39 is 6.09 Å². The Kier molecular flexibility index (Phi) is 4.51. The third-order valence-corrected chi connectivity index (χ3v) is 5.45. The number of hydrogen-bond donors (Lipinski definition) is 1. The van der Waals surface area contributed by atoms with Gasteiger partial charge in [0.15, 0.2) is 0 Å². The van der Waals surface area contributed by atoms with Gasteiger partial charge in [0.25, 0.3) is 0 Å². The van der Waals surface area contributed by atoms with Gasteiger partial charge < -0.3 is 14.9 Å². The summed E-state index contributed by atoms with van der Waals surface area (Å²) in [5.41, 5.74) is 3.76. The van der Waals surface area contributed by atoms with Gasteiger partial charge in [-0.2, -0.15) is 0 Å². The van der Waals surface area contributed by atoms with Gasteiger partial charge in [-0.1, -0.05) is 36.4 Å². The van der Waals surface area contributed by atoms with Gasteiger partial charge in [0, 0.05) is 45.3 Å². The molecule has 26 heavy (non-hydrogen) atoms. The van der Waals surface area contributed by atoms with E-state index in [2.05, 4.69) is 53.1 Å². The fraction of sp³-hybridized carbons (Fsp3) is 0.400. The van der Waals surface area contributed by atoms with E-state index in [0.29, 0.717) is 32.2 Å². The molecule has 2 aromatic rings. The topological polar surface area (TPSA) is 59.9 Å². The summed E-state index contributed by atoms with van der Waals surface area (Å²) in [7, 11) is 0. The molecular formula is C20H24N4O2. The van der Waals surface area contributed by atoms with Crippen LogP contribution >= 0.6 is 0 Å². The smallest absolute Gasteiger partial charge is 0.407 e. The summed E-state index contributed by atoms with van der Waals surface area (Å²) in [5, 5.41) is 9.09. The van der Waals surface area contributed by atoms with Crippen molar-refractivity contribution in [1.29, 1.82) is 0 Å². The lowest BCUT2D eigenvalue weighted by Gasteiger charge is -2.34. The molecule has 1 amide bonds. The maximum absolute atomic E-state index is 11.1. The van der Waals surface area contributed by atoms with Crippen molar-refractivity contribution in [3.8, 4) is 0 Å². The molecule has 0 radical (unpaired) electrons. The van der Waals surface area contributed by atoms with Crippen LogP contribution in [0.15, 0.2) is 42.5 Å². The molecule has 2 aliphatic heterocycles. The first-order valence-electron chi connectivity index (χ1n) is 9.12. The van der Waals surface area contributed by atoms with Gasteiger partial charge in [-0.15, -0.1) is 0 Å². The predicted octanol–water partition coefficient (Wildman–Crippen LogP) is 2.96. The first-order chi connectivity index (χ1) is 12.6. The monoisotopic (exact) mass is 352 g/mol. The number of benzene rings is 1. The highest BCUT2D eigenvalue weighted by Crippen LogP contribution is 2.34. The molecule has 1 aromatic carbocycles. The number of aromatic nitrogens is 1. The molecule has 1 atom stereocenters. The van der Waals surface area contributed by atoms with Crippen molar-refractivity contribution in [3.63, 3.8) is 0 Å². The zero-order valence-electron chi connectivity index (χ0n) is 15.0. The number of piperazine rings is 1. The van der Waals surface area contributed by atoms with Crippen molar-refractivity contribution < 1.29 is 9.90 Å². The number of rotatable bonds is 3. The third kappa shape index (κ3) is 3.24. The molecule has 6 heteroatoms. The molecule has 1 N–H and O–H groups in total. The molecule has 0 saturated carbocycles. The Morgan fingerprint density at radius 2 is 1.85 bits per heavy atom. The van der Waals surface area contributed by atoms with E-state index in [1.165, 1.54) is 16.0 Å². The minimum Gasteiger partial charge on any atom is -0.465 e. The summed E-state index contributed by atoms with van der Waals surface area (Å²) >= 11 is 0. The van der Waals surface area contributed by atoms with E-state index in [0.717, 1.165) is 24.6 Å². The van der Waals surface area contributed by atoms with E-state index in [9.17, 15) is 4.79 Å². The Morgan fingerprint density at radius 3 is 2.54 bits per heavy atom. The first kappa shape index (κ1) is 16.8. The Morgan fingerprint density at radius 1 is 1.12 bits per heavy atom. The SMILES string of the molecule is C[C@H]1c2ccc(N3CCN(C(=O)O)CC3)nc2CN1Cc1ccccc1. The van der Waals surface area contributed by atoms with Gasteiger partial charge in [-0.25, -0.2) is 9.78 Å². The maximum atomic E-state index is 11.1. The minimum atomic E-state index is -0.836. The molecule has 1 saturated heterocycles. The Balaban J connectivity index is 1.46. The summed E-state index contributed by atoms with van der Waals surface area (Å²) < 4.78 is 0. The van der Waals surface area contributed by atoms with Gasteiger partial charge in [0.05, 0.1) is 5.69 Å². The molecule has 0 bridgehead atoms. The van der Waals surface area contributed by atoms with E-state index in [-0.39, 0.29) is 0 Å². The number of carbonyl (C=O) groups is 1. The molecule has 0 unspecified atom stereocenters. The molecule has 6 nitrogen and oxygen atoms in total. The van der Waals surface area contributed by atoms with Crippen LogP contribution in [0.25, 0.3) is 0 Å². The molecule has 4 rings (SSSR count). The quantitative estimate of drug-likeness (QED) is 0.920. The fourth-order valence-electron chi connectivity index (χ4n) is 3.85. The number of anilines is 1. The normalized spacial score (nSPS) is 20.3. The van der Waals surface area contributed by atoms with Crippen LogP contribution in [0.4, 0.5) is 10.6 Å². The summed E-state index contributed by atoms with van der Waals surface area (Å²) in [4.78, 5) is 22.1. The van der Waals surface area contributed by atoms with Crippen LogP contribution in [-0.4, -0.2) is 52.2 Å². The lowest BCUT2D eigenvalue weighted by atomic mass is 10.1. The lowest BCUT2D eigenvalue weighted by molar-refractivity contribution is 0.142. The first-order valence-corrected chi connectivity index (χ1v) is 9.12. The number of nitrogens with zero attached hydrogens (tertiary/aromatic N) is 4. The molecular weight excluding hydrogens is 328 g/mol. The second-order valence-corrected chi connectivity index (χ2v) is 7.03. The third-order valence-electron chi connectivity index (χ3n) is 5.45. The number of fused-ring (bicyclic) bond motifs is 1. The molecule has 0 spiro atoms. The summed E-state index contributed by atoms with van der Waals surface area (Å²) in [6.45, 7) is 6.47. The summed E-state index contributed by atoms with van der Waals surface area (Å²) in [6, 6.07) is 15.2. The molecule has 1 aromatic heterocycles. The maximum Gasteiger partial charge on any atom is 0.407 e. The highest BCUT2D eigenvalue weighted by molar-refractivity contribution is 5.65. The van der Waals surface area contributed by atoms with Crippen molar-refractivity contribution in [2.45, 2.75) is 26.1 Å². The summed E-state index contributed by atoms with van der Waals surface area (Å²) in [5.74, 6) is 0.961. The van der Waals surface area contributed by atoms with E-state index in [1.807, 2.05) is 6.07 Å². The van der Waals surface area contributed by atoms with Gasteiger partial charge in [-0.05, 0) is 24.1 Å². The van der Waals surface area contributed by atoms with E-state index >= 15 is 0 Å². The average Bonchev–Trinajstić information content (AvgIpc) is 2.97. The second kappa shape index (κ2) is 6.96. The fourth-order valence-corrected chi connectivity index (χ4v) is 3.85. The largest absolute Gasteiger partial charge is 0.465 e. The van der Waals surface area contributed by atoms with Crippen LogP contribution in [-0.2, 0) is 13.1 Å². The van der Waals surface area contributed by atoms with Crippen molar-refractivity contribution in [1.82, 2.24) is 14.8 Å². The van der Waals surface area contributed by atoms with Crippen LogP contribution in [0.2, 0.25) is 0 Å². The Bertz CT molecular complexity index is 788. The molecule has 136 valence electrons. The number of pyridine rings is 1.